The van der Waals surface area contributed by atoms with E-state index in [1.807, 2.05) is 0 Å². The molecule has 12 heteroatoms. The Bertz CT molecular complexity index is 1120. The SMILES string of the molecule is N#Cc1ccc(-n2cc(S(=O)(=O)CF)c3c2CCC(F)(F)[C@H]3O)cc1C(F)(F)F. The first-order chi connectivity index (χ1) is 13.3. The summed E-state index contributed by atoms with van der Waals surface area (Å²) in [6.07, 6.45) is -8.12. The van der Waals surface area contributed by atoms with Gasteiger partial charge in [-0.15, -0.1) is 0 Å². The number of halogens is 6. The lowest BCUT2D eigenvalue weighted by Gasteiger charge is -2.29. The topological polar surface area (TPSA) is 83.1 Å². The van der Waals surface area contributed by atoms with Crippen LogP contribution >= 0.6 is 0 Å². The molecule has 1 aliphatic carbocycles. The number of aliphatic hydroxyl groups is 1. The number of benzene rings is 1. The molecule has 0 aliphatic heterocycles. The van der Waals surface area contributed by atoms with Gasteiger partial charge in [0.2, 0.25) is 9.84 Å². The van der Waals surface area contributed by atoms with Crippen LogP contribution < -0.4 is 0 Å². The number of aromatic nitrogens is 1. The summed E-state index contributed by atoms with van der Waals surface area (Å²) in [5, 5.41) is 18.9. The highest BCUT2D eigenvalue weighted by atomic mass is 32.2. The van der Waals surface area contributed by atoms with Crippen LogP contribution in [0.3, 0.4) is 0 Å². The van der Waals surface area contributed by atoms with Crippen molar-refractivity contribution in [2.24, 2.45) is 0 Å². The smallest absolute Gasteiger partial charge is 0.382 e. The molecule has 29 heavy (non-hydrogen) atoms. The van der Waals surface area contributed by atoms with Crippen LogP contribution in [-0.2, 0) is 22.4 Å². The molecule has 2 aromatic rings. The molecule has 3 rings (SSSR count). The van der Waals surface area contributed by atoms with Crippen LogP contribution in [0, 0.1) is 11.3 Å². The highest BCUT2D eigenvalue weighted by Crippen LogP contribution is 2.46. The van der Waals surface area contributed by atoms with E-state index in [1.165, 1.54) is 6.07 Å². The van der Waals surface area contributed by atoms with Crippen molar-refractivity contribution in [3.8, 4) is 11.8 Å². The Morgan fingerprint density at radius 3 is 2.52 bits per heavy atom. The van der Waals surface area contributed by atoms with E-state index in [9.17, 15) is 39.9 Å². The van der Waals surface area contributed by atoms with Gasteiger partial charge in [0, 0.05) is 29.6 Å². The van der Waals surface area contributed by atoms with Gasteiger partial charge in [-0.1, -0.05) is 0 Å². The van der Waals surface area contributed by atoms with Gasteiger partial charge in [-0.2, -0.15) is 18.4 Å². The fraction of sp³-hybridized carbons (Fsp3) is 0.353. The van der Waals surface area contributed by atoms with Gasteiger partial charge in [-0.25, -0.2) is 21.6 Å². The number of hydrogen-bond acceptors (Lipinski definition) is 4. The molecule has 0 unspecified atom stereocenters. The number of nitriles is 1. The minimum atomic E-state index is -4.91. The summed E-state index contributed by atoms with van der Waals surface area (Å²) in [5.41, 5.74) is -3.18. The maximum absolute atomic E-state index is 13.9. The quantitative estimate of drug-likeness (QED) is 0.742. The Morgan fingerprint density at radius 1 is 1.31 bits per heavy atom. The third-order valence-electron chi connectivity index (χ3n) is 4.67. The number of aliphatic hydroxyl groups excluding tert-OH is 1. The average Bonchev–Trinajstić information content (AvgIpc) is 3.04. The zero-order valence-corrected chi connectivity index (χ0v) is 15.2. The molecular formula is C17H12F6N2O3S. The Morgan fingerprint density at radius 2 is 1.97 bits per heavy atom. The molecule has 156 valence electrons. The summed E-state index contributed by atoms with van der Waals surface area (Å²) in [5.74, 6) is -3.69. The number of hydrogen-bond donors (Lipinski definition) is 1. The van der Waals surface area contributed by atoms with Gasteiger partial charge in [0.1, 0.15) is 6.10 Å². The number of fused-ring (bicyclic) bond motifs is 1. The van der Waals surface area contributed by atoms with Crippen LogP contribution in [0.2, 0.25) is 0 Å². The summed E-state index contributed by atoms with van der Waals surface area (Å²) >= 11 is 0. The van der Waals surface area contributed by atoms with Crippen molar-refractivity contribution in [1.29, 1.82) is 5.26 Å². The monoisotopic (exact) mass is 438 g/mol. The Kier molecular flexibility index (Phi) is 4.95. The zero-order valence-electron chi connectivity index (χ0n) is 14.3. The lowest BCUT2D eigenvalue weighted by Crippen LogP contribution is -2.33. The fourth-order valence-electron chi connectivity index (χ4n) is 3.27. The van der Waals surface area contributed by atoms with Crippen LogP contribution in [0.25, 0.3) is 5.69 Å². The first kappa shape index (κ1) is 21.2. The largest absolute Gasteiger partial charge is 0.417 e. The molecule has 0 bridgehead atoms. The molecule has 1 aromatic heterocycles. The van der Waals surface area contributed by atoms with Crippen molar-refractivity contribution in [1.82, 2.24) is 4.57 Å². The third-order valence-corrected chi connectivity index (χ3v) is 5.95. The fourth-order valence-corrected chi connectivity index (χ4v) is 4.22. The standard InChI is InChI=1S/C17H12F6N2O3S/c18-8-29(27,28)13-7-25(12-3-4-16(19,20)15(26)14(12)13)10-2-1-9(6-24)11(5-10)17(21,22)23/h1-2,5,7,15,26H,3-4,8H2/t15-/m0/s1. The maximum atomic E-state index is 13.9. The van der Waals surface area contributed by atoms with Crippen molar-refractivity contribution >= 4 is 9.84 Å². The van der Waals surface area contributed by atoms with Crippen LogP contribution in [0.4, 0.5) is 26.3 Å². The molecular weight excluding hydrogens is 426 g/mol. The molecule has 1 atom stereocenters. The van der Waals surface area contributed by atoms with Gasteiger partial charge in [0.15, 0.2) is 6.01 Å². The van der Waals surface area contributed by atoms with E-state index in [0.29, 0.717) is 12.3 Å². The van der Waals surface area contributed by atoms with E-state index in [-0.39, 0.29) is 11.4 Å². The molecule has 0 fully saturated rings. The summed E-state index contributed by atoms with van der Waals surface area (Å²) in [6.45, 7) is 0. The summed E-state index contributed by atoms with van der Waals surface area (Å²) in [6, 6.07) is 1.92. The van der Waals surface area contributed by atoms with E-state index < -0.39 is 68.5 Å². The minimum Gasteiger partial charge on any atom is -0.382 e. The molecule has 5 nitrogen and oxygen atoms in total. The molecule has 1 aromatic carbocycles. The number of alkyl halides is 6. The molecule has 0 spiro atoms. The molecule has 0 radical (unpaired) electrons. The van der Waals surface area contributed by atoms with Crippen LogP contribution in [0.1, 0.15) is 34.9 Å². The van der Waals surface area contributed by atoms with Crippen molar-refractivity contribution in [3.05, 3.63) is 46.8 Å². The summed E-state index contributed by atoms with van der Waals surface area (Å²) < 4.78 is 106. The van der Waals surface area contributed by atoms with Crippen molar-refractivity contribution in [2.75, 3.05) is 6.01 Å². The van der Waals surface area contributed by atoms with Gasteiger partial charge < -0.3 is 9.67 Å². The second-order valence-electron chi connectivity index (χ2n) is 6.45. The minimum absolute atomic E-state index is 0.173. The van der Waals surface area contributed by atoms with Crippen LogP contribution in [0.15, 0.2) is 29.3 Å². The van der Waals surface area contributed by atoms with E-state index in [1.54, 1.807) is 0 Å². The second kappa shape index (κ2) is 6.77. The molecule has 0 saturated heterocycles. The molecule has 0 amide bonds. The second-order valence-corrected chi connectivity index (χ2v) is 8.34. The van der Waals surface area contributed by atoms with Gasteiger partial charge in [0.05, 0.1) is 22.1 Å². The number of sulfone groups is 1. The molecule has 0 saturated carbocycles. The molecule has 1 heterocycles. The predicted molar refractivity (Wildman–Crippen MR) is 86.9 cm³/mol. The Balaban J connectivity index is 2.31. The van der Waals surface area contributed by atoms with Crippen LogP contribution in [0.5, 0.6) is 0 Å². The van der Waals surface area contributed by atoms with Gasteiger partial charge in [0.25, 0.3) is 5.92 Å². The van der Waals surface area contributed by atoms with Crippen molar-refractivity contribution < 1.29 is 39.9 Å². The third kappa shape index (κ3) is 3.49. The normalized spacial score (nSPS) is 18.9. The number of rotatable bonds is 3. The van der Waals surface area contributed by atoms with Crippen LogP contribution in [-0.4, -0.2) is 30.0 Å². The maximum Gasteiger partial charge on any atom is 0.417 e. The molecule has 1 N–H and O–H groups in total. The van der Waals surface area contributed by atoms with Gasteiger partial charge in [-0.3, -0.25) is 0 Å². The predicted octanol–water partition coefficient (Wildman–Crippen LogP) is 3.68. The highest BCUT2D eigenvalue weighted by molar-refractivity contribution is 7.91. The Hall–Kier alpha value is -2.52. The lowest BCUT2D eigenvalue weighted by molar-refractivity contribution is -0.137. The average molecular weight is 438 g/mol. The van der Waals surface area contributed by atoms with Gasteiger partial charge >= 0.3 is 6.18 Å². The summed E-state index contributed by atoms with van der Waals surface area (Å²) in [7, 11) is -4.72. The number of nitrogens with zero attached hydrogens (tertiary/aromatic N) is 2. The zero-order chi connectivity index (χ0) is 21.8. The molecule has 1 aliphatic rings. The van der Waals surface area contributed by atoms with E-state index in [0.717, 1.165) is 16.7 Å². The van der Waals surface area contributed by atoms with Gasteiger partial charge in [-0.05, 0) is 24.6 Å². The van der Waals surface area contributed by atoms with E-state index in [2.05, 4.69) is 0 Å². The van der Waals surface area contributed by atoms with E-state index >= 15 is 0 Å². The van der Waals surface area contributed by atoms with E-state index in [4.69, 9.17) is 5.26 Å². The lowest BCUT2D eigenvalue weighted by atomic mass is 9.91. The van der Waals surface area contributed by atoms with Crippen molar-refractivity contribution in [3.63, 3.8) is 0 Å². The first-order valence-corrected chi connectivity index (χ1v) is 9.69. The Labute approximate surface area is 160 Å². The van der Waals surface area contributed by atoms with Crippen molar-refractivity contribution in [2.45, 2.75) is 35.9 Å². The summed E-state index contributed by atoms with van der Waals surface area (Å²) in [4.78, 5) is -0.917. The first-order valence-electron chi connectivity index (χ1n) is 8.04. The highest BCUT2D eigenvalue weighted by Gasteiger charge is 2.48.